The van der Waals surface area contributed by atoms with Gasteiger partial charge in [0.25, 0.3) is 0 Å². The summed E-state index contributed by atoms with van der Waals surface area (Å²) in [6.45, 7) is 2.06. The Bertz CT molecular complexity index is 463. The minimum Gasteiger partial charge on any atom is -0.535 e. The fourth-order valence-electron chi connectivity index (χ4n) is 2.19. The number of nitrogens with two attached hydrogens (primary N) is 1. The highest BCUT2D eigenvalue weighted by atomic mass is 16.5. The van der Waals surface area contributed by atoms with Gasteiger partial charge in [0.05, 0.1) is 0 Å². The average molecular weight is 235 g/mol. The molecular formula is C11H14BNO4. The van der Waals surface area contributed by atoms with E-state index < -0.39 is 13.1 Å². The molecule has 1 aliphatic heterocycles. The van der Waals surface area contributed by atoms with Crippen LogP contribution in [0.1, 0.15) is 27.4 Å². The quantitative estimate of drug-likeness (QED) is 0.653. The molecule has 5 nitrogen and oxygen atoms in total. The Morgan fingerprint density at radius 3 is 2.94 bits per heavy atom. The lowest BCUT2D eigenvalue weighted by Crippen LogP contribution is -2.33. The maximum Gasteiger partial charge on any atom is 0.523 e. The molecule has 17 heavy (non-hydrogen) atoms. The van der Waals surface area contributed by atoms with Gasteiger partial charge in [0.1, 0.15) is 11.3 Å². The van der Waals surface area contributed by atoms with Gasteiger partial charge in [0.15, 0.2) is 0 Å². The van der Waals surface area contributed by atoms with Gasteiger partial charge in [-0.15, -0.1) is 0 Å². The minimum atomic E-state index is -1.05. The molecule has 0 saturated carbocycles. The summed E-state index contributed by atoms with van der Waals surface area (Å²) in [5.74, 6) is -0.858. The highest BCUT2D eigenvalue weighted by molar-refractivity contribution is 6.44. The summed E-state index contributed by atoms with van der Waals surface area (Å²) in [5.41, 5.74) is 7.12. The van der Waals surface area contributed by atoms with Crippen molar-refractivity contribution in [3.05, 3.63) is 28.8 Å². The summed E-state index contributed by atoms with van der Waals surface area (Å²) in [4.78, 5) is 11.2. The van der Waals surface area contributed by atoms with Crippen LogP contribution in [0.15, 0.2) is 12.1 Å². The van der Waals surface area contributed by atoms with Gasteiger partial charge in [-0.05, 0) is 30.5 Å². The van der Waals surface area contributed by atoms with Crippen molar-refractivity contribution < 1.29 is 19.6 Å². The monoisotopic (exact) mass is 235 g/mol. The van der Waals surface area contributed by atoms with Crippen LogP contribution in [0.25, 0.3) is 0 Å². The number of carboxylic acids is 1. The molecular weight excluding hydrogens is 221 g/mol. The normalized spacial score (nSPS) is 18.5. The van der Waals surface area contributed by atoms with Crippen LogP contribution in [-0.2, 0) is 0 Å². The molecule has 0 spiro atoms. The number of aryl methyl sites for hydroxylation is 1. The Morgan fingerprint density at radius 2 is 2.35 bits per heavy atom. The van der Waals surface area contributed by atoms with Gasteiger partial charge in [-0.3, -0.25) is 0 Å². The predicted octanol–water partition coefficient (Wildman–Crippen LogP) is 0.608. The van der Waals surface area contributed by atoms with E-state index in [2.05, 4.69) is 0 Å². The smallest absolute Gasteiger partial charge is 0.523 e. The molecule has 1 atom stereocenters. The van der Waals surface area contributed by atoms with Crippen molar-refractivity contribution in [2.24, 2.45) is 5.73 Å². The van der Waals surface area contributed by atoms with E-state index in [-0.39, 0.29) is 17.2 Å². The molecule has 1 heterocycles. The van der Waals surface area contributed by atoms with E-state index in [0.29, 0.717) is 18.4 Å². The summed E-state index contributed by atoms with van der Waals surface area (Å²) in [6, 6.07) is 3.56. The number of hydrogen-bond donors (Lipinski definition) is 3. The molecule has 2 rings (SSSR count). The Balaban J connectivity index is 2.60. The van der Waals surface area contributed by atoms with Gasteiger partial charge in [-0.2, -0.15) is 0 Å². The fraction of sp³-hybridized carbons (Fsp3) is 0.364. The number of aromatic carboxylic acids is 1. The molecule has 0 aliphatic carbocycles. The standard InChI is InChI=1S/C11H14BNO4/c1-6-2-3-8-7(5-13)4-12(16)17-10(8)9(6)11(14)15/h2-3,7,16H,4-5,13H2,1H3,(H,14,15). The van der Waals surface area contributed by atoms with Crippen molar-refractivity contribution in [1.82, 2.24) is 0 Å². The van der Waals surface area contributed by atoms with E-state index in [1.54, 1.807) is 13.0 Å². The first-order valence-electron chi connectivity index (χ1n) is 5.46. The lowest BCUT2D eigenvalue weighted by atomic mass is 9.71. The molecule has 0 aromatic heterocycles. The van der Waals surface area contributed by atoms with Crippen LogP contribution in [0.2, 0.25) is 6.32 Å². The van der Waals surface area contributed by atoms with E-state index in [1.165, 1.54) is 0 Å². The van der Waals surface area contributed by atoms with Crippen LogP contribution < -0.4 is 10.4 Å². The highest BCUT2D eigenvalue weighted by Crippen LogP contribution is 2.38. The zero-order valence-electron chi connectivity index (χ0n) is 9.51. The topological polar surface area (TPSA) is 92.8 Å². The van der Waals surface area contributed by atoms with Crippen LogP contribution >= 0.6 is 0 Å². The zero-order valence-corrected chi connectivity index (χ0v) is 9.51. The van der Waals surface area contributed by atoms with Crippen molar-refractivity contribution in [2.45, 2.75) is 19.2 Å². The summed E-state index contributed by atoms with van der Waals surface area (Å²) < 4.78 is 5.26. The van der Waals surface area contributed by atoms with Crippen LogP contribution in [0.3, 0.4) is 0 Å². The number of benzene rings is 1. The van der Waals surface area contributed by atoms with Crippen molar-refractivity contribution in [1.29, 1.82) is 0 Å². The number of rotatable bonds is 2. The number of carbonyl (C=O) groups is 1. The second-order valence-corrected chi connectivity index (χ2v) is 4.22. The first kappa shape index (κ1) is 11.9. The van der Waals surface area contributed by atoms with Gasteiger partial charge < -0.3 is 20.5 Å². The van der Waals surface area contributed by atoms with Crippen molar-refractivity contribution in [3.8, 4) is 5.75 Å². The Kier molecular flexibility index (Phi) is 3.08. The maximum absolute atomic E-state index is 11.2. The van der Waals surface area contributed by atoms with Crippen molar-refractivity contribution >= 4 is 13.1 Å². The third kappa shape index (κ3) is 2.01. The third-order valence-electron chi connectivity index (χ3n) is 3.07. The summed E-state index contributed by atoms with van der Waals surface area (Å²) in [7, 11) is -0.990. The number of hydrogen-bond acceptors (Lipinski definition) is 4. The lowest BCUT2D eigenvalue weighted by Gasteiger charge is -2.28. The van der Waals surface area contributed by atoms with Crippen LogP contribution in [0, 0.1) is 6.92 Å². The van der Waals surface area contributed by atoms with Gasteiger partial charge in [-0.25, -0.2) is 4.79 Å². The molecule has 6 heteroatoms. The molecule has 1 aromatic carbocycles. The highest BCUT2D eigenvalue weighted by Gasteiger charge is 2.34. The van der Waals surface area contributed by atoms with E-state index in [4.69, 9.17) is 10.4 Å². The lowest BCUT2D eigenvalue weighted by molar-refractivity contribution is 0.0693. The Labute approximate surface area is 99.3 Å². The molecule has 0 bridgehead atoms. The van der Waals surface area contributed by atoms with E-state index in [9.17, 15) is 14.9 Å². The fourth-order valence-corrected chi connectivity index (χ4v) is 2.19. The van der Waals surface area contributed by atoms with Crippen molar-refractivity contribution in [3.63, 3.8) is 0 Å². The first-order chi connectivity index (χ1) is 8.04. The molecule has 0 amide bonds. The van der Waals surface area contributed by atoms with Crippen LogP contribution in [-0.4, -0.2) is 29.8 Å². The Hall–Kier alpha value is -1.53. The maximum atomic E-state index is 11.2. The number of fused-ring (bicyclic) bond motifs is 1. The third-order valence-corrected chi connectivity index (χ3v) is 3.07. The summed E-state index contributed by atoms with van der Waals surface area (Å²) >= 11 is 0. The predicted molar refractivity (Wildman–Crippen MR) is 63.3 cm³/mol. The van der Waals surface area contributed by atoms with Gasteiger partial charge >= 0.3 is 13.1 Å². The molecule has 4 N–H and O–H groups in total. The summed E-state index contributed by atoms with van der Waals surface area (Å²) in [5, 5.41) is 18.8. The second-order valence-electron chi connectivity index (χ2n) is 4.22. The van der Waals surface area contributed by atoms with E-state index in [0.717, 1.165) is 5.56 Å². The van der Waals surface area contributed by atoms with Crippen molar-refractivity contribution in [2.75, 3.05) is 6.54 Å². The van der Waals surface area contributed by atoms with E-state index in [1.807, 2.05) is 6.07 Å². The van der Waals surface area contributed by atoms with Gasteiger partial charge in [0, 0.05) is 6.32 Å². The zero-order chi connectivity index (χ0) is 12.6. The van der Waals surface area contributed by atoms with Crippen LogP contribution in [0.5, 0.6) is 5.75 Å². The molecule has 1 unspecified atom stereocenters. The largest absolute Gasteiger partial charge is 0.535 e. The molecule has 1 aromatic rings. The SMILES string of the molecule is Cc1ccc2c(c1C(=O)O)OB(O)CC2CN. The van der Waals surface area contributed by atoms with Gasteiger partial charge in [0.2, 0.25) is 0 Å². The molecule has 1 aliphatic rings. The molecule has 0 fully saturated rings. The second kappa shape index (κ2) is 4.39. The molecule has 90 valence electrons. The Morgan fingerprint density at radius 1 is 1.65 bits per heavy atom. The molecule has 0 saturated heterocycles. The average Bonchev–Trinajstić information content (AvgIpc) is 2.26. The van der Waals surface area contributed by atoms with Gasteiger partial charge in [-0.1, -0.05) is 12.1 Å². The first-order valence-corrected chi connectivity index (χ1v) is 5.46. The number of carboxylic acid groups (broad SMARTS) is 1. The van der Waals surface area contributed by atoms with Crippen LogP contribution in [0.4, 0.5) is 0 Å². The summed E-state index contributed by atoms with van der Waals surface area (Å²) in [6.07, 6.45) is 0.394. The minimum absolute atomic E-state index is 0.0625. The molecule has 0 radical (unpaired) electrons. The van der Waals surface area contributed by atoms with E-state index >= 15 is 0 Å².